The van der Waals surface area contributed by atoms with Gasteiger partial charge >= 0.3 is 0 Å². The van der Waals surface area contributed by atoms with Crippen LogP contribution in [0.15, 0.2) is 0 Å². The Morgan fingerprint density at radius 1 is 0.475 bits per heavy atom. The first-order valence-electron chi connectivity index (χ1n) is 17.4. The Labute approximate surface area is 248 Å². The monoisotopic (exact) mass is 563 g/mol. The Kier molecular flexibility index (Phi) is 32.4. The fourth-order valence-corrected chi connectivity index (χ4v) is 5.10. The molecule has 0 bridgehead atoms. The van der Waals surface area contributed by atoms with E-state index in [1.54, 1.807) is 5.48 Å². The zero-order valence-electron chi connectivity index (χ0n) is 26.5. The summed E-state index contributed by atoms with van der Waals surface area (Å²) in [6, 6.07) is 0. The van der Waals surface area contributed by atoms with Crippen LogP contribution >= 0.6 is 0 Å². The lowest BCUT2D eigenvalue weighted by molar-refractivity contribution is -0.129. The summed E-state index contributed by atoms with van der Waals surface area (Å²) in [6.45, 7) is 3.09. The number of hydrogen-bond donors (Lipinski definition) is 3. The third-order valence-corrected chi connectivity index (χ3v) is 7.76. The molecule has 0 saturated carbocycles. The van der Waals surface area contributed by atoms with Crippen molar-refractivity contribution in [2.75, 3.05) is 6.54 Å². The van der Waals surface area contributed by atoms with Gasteiger partial charge in [-0.1, -0.05) is 135 Å². The van der Waals surface area contributed by atoms with Gasteiger partial charge in [-0.25, -0.2) is 5.48 Å². The van der Waals surface area contributed by atoms with Crippen LogP contribution in [0.4, 0.5) is 0 Å². The highest BCUT2D eigenvalue weighted by Crippen LogP contribution is 2.12. The Morgan fingerprint density at radius 3 is 1.25 bits per heavy atom. The van der Waals surface area contributed by atoms with Crippen molar-refractivity contribution >= 4 is 11.8 Å². The lowest BCUT2D eigenvalue weighted by atomic mass is 10.1. The van der Waals surface area contributed by atoms with E-state index in [0.717, 1.165) is 51.5 Å². The summed E-state index contributed by atoms with van der Waals surface area (Å²) < 4.78 is 0. The van der Waals surface area contributed by atoms with Crippen molar-refractivity contribution in [1.82, 2.24) is 10.8 Å². The van der Waals surface area contributed by atoms with E-state index in [4.69, 9.17) is 5.21 Å². The van der Waals surface area contributed by atoms with Gasteiger partial charge in [0.25, 0.3) is 0 Å². The Balaban J connectivity index is 3.23. The van der Waals surface area contributed by atoms with Gasteiger partial charge in [0.2, 0.25) is 11.8 Å². The van der Waals surface area contributed by atoms with Crippen LogP contribution < -0.4 is 10.8 Å². The smallest absolute Gasteiger partial charge is 0.243 e. The molecule has 0 aliphatic heterocycles. The van der Waals surface area contributed by atoms with Crippen LogP contribution in [-0.2, 0) is 9.59 Å². The summed E-state index contributed by atoms with van der Waals surface area (Å²) in [7, 11) is 0. The molecule has 0 unspecified atom stereocenters. The minimum Gasteiger partial charge on any atom is -0.356 e. The molecule has 0 heterocycles. The fourth-order valence-electron chi connectivity index (χ4n) is 5.10. The molecule has 0 aliphatic carbocycles. The summed E-state index contributed by atoms with van der Waals surface area (Å²) in [6.07, 6.45) is 34.5. The zero-order valence-corrected chi connectivity index (χ0v) is 26.5. The van der Waals surface area contributed by atoms with Crippen LogP contribution in [0.3, 0.4) is 0 Å². The molecule has 5 nitrogen and oxygen atoms in total. The van der Waals surface area contributed by atoms with Gasteiger partial charge < -0.3 is 5.32 Å². The summed E-state index contributed by atoms with van der Waals surface area (Å²) in [5.41, 5.74) is 1.67. The van der Waals surface area contributed by atoms with E-state index in [0.29, 0.717) is 12.8 Å². The van der Waals surface area contributed by atoms with Crippen molar-refractivity contribution in [3.05, 3.63) is 0 Å². The topological polar surface area (TPSA) is 78.4 Å². The number of carbonyl (C=O) groups excluding carboxylic acids is 2. The molecule has 0 fully saturated rings. The van der Waals surface area contributed by atoms with Gasteiger partial charge in [-0.3, -0.25) is 14.8 Å². The van der Waals surface area contributed by atoms with E-state index in [2.05, 4.69) is 24.1 Å². The van der Waals surface area contributed by atoms with Crippen molar-refractivity contribution in [3.8, 4) is 11.8 Å². The molecule has 0 aromatic heterocycles. The van der Waals surface area contributed by atoms with Gasteiger partial charge in [0.15, 0.2) is 0 Å². The molecule has 40 heavy (non-hydrogen) atoms. The molecule has 3 N–H and O–H groups in total. The Morgan fingerprint density at radius 2 is 0.825 bits per heavy atom. The zero-order chi connectivity index (χ0) is 29.2. The Hall–Kier alpha value is -1.54. The molecular weight excluding hydrogens is 496 g/mol. The third kappa shape index (κ3) is 32.7. The molecular formula is C35H66N2O3. The second-order valence-corrected chi connectivity index (χ2v) is 11.7. The van der Waals surface area contributed by atoms with Crippen molar-refractivity contribution in [3.63, 3.8) is 0 Å². The predicted molar refractivity (Wildman–Crippen MR) is 170 cm³/mol. The number of amides is 2. The van der Waals surface area contributed by atoms with Gasteiger partial charge in [-0.05, 0) is 32.1 Å². The lowest BCUT2D eigenvalue weighted by Gasteiger charge is -2.06. The van der Waals surface area contributed by atoms with E-state index in [1.165, 1.54) is 128 Å². The number of hydroxylamine groups is 1. The van der Waals surface area contributed by atoms with Crippen molar-refractivity contribution < 1.29 is 14.8 Å². The molecule has 0 saturated heterocycles. The number of rotatable bonds is 30. The molecule has 0 spiro atoms. The first-order chi connectivity index (χ1) is 19.7. The maximum atomic E-state index is 12.0. The molecule has 0 rings (SSSR count). The van der Waals surface area contributed by atoms with Crippen LogP contribution in [-0.4, -0.2) is 23.6 Å². The average Bonchev–Trinajstić information content (AvgIpc) is 2.96. The van der Waals surface area contributed by atoms with E-state index >= 15 is 0 Å². The number of nitrogens with one attached hydrogen (secondary N) is 2. The summed E-state index contributed by atoms with van der Waals surface area (Å²) in [5, 5.41) is 11.5. The predicted octanol–water partition coefficient (Wildman–Crippen LogP) is 9.94. The second kappa shape index (κ2) is 33.7. The Bertz CT molecular complexity index is 611. The second-order valence-electron chi connectivity index (χ2n) is 11.7. The van der Waals surface area contributed by atoms with Gasteiger partial charge in [-0.15, -0.1) is 11.8 Å². The number of carbonyl (C=O) groups is 2. The quantitative estimate of drug-likeness (QED) is 0.0353. The van der Waals surface area contributed by atoms with E-state index < -0.39 is 0 Å². The molecule has 0 radical (unpaired) electrons. The van der Waals surface area contributed by atoms with Crippen molar-refractivity contribution in [1.29, 1.82) is 0 Å². The molecule has 0 aromatic rings. The highest BCUT2D eigenvalue weighted by molar-refractivity contribution is 5.75. The maximum absolute atomic E-state index is 12.0. The molecule has 2 amide bonds. The number of hydrogen-bond acceptors (Lipinski definition) is 3. The van der Waals surface area contributed by atoms with Crippen molar-refractivity contribution in [2.45, 2.75) is 193 Å². The summed E-state index contributed by atoms with van der Waals surface area (Å²) in [5.74, 6) is 6.67. The lowest BCUT2D eigenvalue weighted by Crippen LogP contribution is -2.23. The molecule has 0 aromatic carbocycles. The molecule has 0 aliphatic rings. The highest BCUT2D eigenvalue weighted by atomic mass is 16.5. The van der Waals surface area contributed by atoms with Crippen LogP contribution in [0.1, 0.15) is 193 Å². The molecule has 5 heteroatoms. The first kappa shape index (κ1) is 38.5. The third-order valence-electron chi connectivity index (χ3n) is 7.76. The fraction of sp³-hybridized carbons (Fsp3) is 0.886. The van der Waals surface area contributed by atoms with Crippen LogP contribution in [0.2, 0.25) is 0 Å². The van der Waals surface area contributed by atoms with Gasteiger partial charge in [-0.2, -0.15) is 0 Å². The first-order valence-corrected chi connectivity index (χ1v) is 17.4. The van der Waals surface area contributed by atoms with E-state index in [9.17, 15) is 9.59 Å². The van der Waals surface area contributed by atoms with Crippen molar-refractivity contribution in [2.24, 2.45) is 0 Å². The summed E-state index contributed by atoms with van der Waals surface area (Å²) in [4.78, 5) is 22.9. The highest BCUT2D eigenvalue weighted by Gasteiger charge is 2.01. The van der Waals surface area contributed by atoms with Gasteiger partial charge in [0.05, 0.1) is 0 Å². The average molecular weight is 563 g/mol. The SMILES string of the molecule is CCCCCCCCCCCC#CCCCCCCCCCC(=O)NCCCCCCCCCCCC(=O)NO. The minimum absolute atomic E-state index is 0.218. The summed E-state index contributed by atoms with van der Waals surface area (Å²) >= 11 is 0. The van der Waals surface area contributed by atoms with E-state index in [-0.39, 0.29) is 11.8 Å². The van der Waals surface area contributed by atoms with Gasteiger partial charge in [0.1, 0.15) is 0 Å². The maximum Gasteiger partial charge on any atom is 0.243 e. The van der Waals surface area contributed by atoms with Crippen LogP contribution in [0, 0.1) is 11.8 Å². The van der Waals surface area contributed by atoms with Crippen LogP contribution in [0.5, 0.6) is 0 Å². The largest absolute Gasteiger partial charge is 0.356 e. The van der Waals surface area contributed by atoms with E-state index in [1.807, 2.05) is 0 Å². The molecule has 0 atom stereocenters. The van der Waals surface area contributed by atoms with Crippen LogP contribution in [0.25, 0.3) is 0 Å². The standard InChI is InChI=1S/C35H66N2O3/c1-2-3-4-5-6-7-8-9-10-11-12-13-14-15-16-17-19-22-25-28-31-34(38)36-33-30-27-24-21-18-20-23-26-29-32-35(39)37-40/h40H,2-11,14-33H2,1H3,(H,36,38)(H,37,39). The number of unbranched alkanes of at least 4 members (excludes halogenated alkanes) is 24. The van der Waals surface area contributed by atoms with Gasteiger partial charge in [0, 0.05) is 32.2 Å². The minimum atomic E-state index is -0.288. The molecule has 234 valence electrons. The normalized spacial score (nSPS) is 10.8.